The number of carbonyl (C=O) groups is 1. The Balaban J connectivity index is 1.53. The van der Waals surface area contributed by atoms with Crippen molar-refractivity contribution >= 4 is 11.6 Å². The summed E-state index contributed by atoms with van der Waals surface area (Å²) in [6, 6.07) is 14.8. The molecule has 0 aliphatic carbocycles. The molecule has 1 fully saturated rings. The molecule has 25 heavy (non-hydrogen) atoms. The lowest BCUT2D eigenvalue weighted by molar-refractivity contribution is -0.133. The van der Waals surface area contributed by atoms with Gasteiger partial charge < -0.3 is 14.9 Å². The van der Waals surface area contributed by atoms with Gasteiger partial charge in [0.05, 0.1) is 24.4 Å². The Hall–Kier alpha value is -2.91. The Morgan fingerprint density at radius 1 is 1.16 bits per heavy atom. The number of aliphatic hydroxyl groups is 1. The van der Waals surface area contributed by atoms with E-state index in [9.17, 15) is 9.90 Å². The first-order chi connectivity index (χ1) is 12.2. The number of rotatable bonds is 4. The molecular formula is C19H20N4O2. The summed E-state index contributed by atoms with van der Waals surface area (Å²) in [6.07, 6.45) is 1.02. The average molecular weight is 336 g/mol. The Bertz CT molecular complexity index is 747. The van der Waals surface area contributed by atoms with Gasteiger partial charge in [0.15, 0.2) is 0 Å². The number of nitriles is 1. The highest BCUT2D eigenvalue weighted by atomic mass is 16.3. The van der Waals surface area contributed by atoms with Crippen molar-refractivity contribution in [2.24, 2.45) is 0 Å². The molecule has 1 aromatic carbocycles. The van der Waals surface area contributed by atoms with E-state index in [1.54, 1.807) is 17.2 Å². The number of hydrogen-bond acceptors (Lipinski definition) is 5. The second kappa shape index (κ2) is 7.77. The summed E-state index contributed by atoms with van der Waals surface area (Å²) >= 11 is 0. The molecule has 1 amide bonds. The number of carbonyl (C=O) groups excluding carboxylic acids is 1. The largest absolute Gasteiger partial charge is 0.388 e. The third-order valence-electron chi connectivity index (χ3n) is 4.41. The third-order valence-corrected chi connectivity index (χ3v) is 4.41. The van der Waals surface area contributed by atoms with Crippen LogP contribution >= 0.6 is 0 Å². The Morgan fingerprint density at radius 3 is 2.48 bits per heavy atom. The molecule has 2 heterocycles. The van der Waals surface area contributed by atoms with Crippen LogP contribution in [0.3, 0.4) is 0 Å². The summed E-state index contributed by atoms with van der Waals surface area (Å²) in [4.78, 5) is 20.4. The number of hydrogen-bond donors (Lipinski definition) is 1. The summed E-state index contributed by atoms with van der Waals surface area (Å²) in [7, 11) is 0. The molecule has 6 heteroatoms. The van der Waals surface area contributed by atoms with E-state index in [4.69, 9.17) is 5.26 Å². The maximum absolute atomic E-state index is 12.4. The van der Waals surface area contributed by atoms with E-state index >= 15 is 0 Å². The van der Waals surface area contributed by atoms with Gasteiger partial charge in [-0.25, -0.2) is 4.98 Å². The number of aromatic nitrogens is 1. The Morgan fingerprint density at radius 2 is 1.88 bits per heavy atom. The van der Waals surface area contributed by atoms with Crippen LogP contribution in [0.25, 0.3) is 0 Å². The molecule has 0 bridgehead atoms. The number of nitrogens with zero attached hydrogens (tertiary/aromatic N) is 4. The Kier molecular flexibility index (Phi) is 5.26. The van der Waals surface area contributed by atoms with Gasteiger partial charge in [-0.2, -0.15) is 5.26 Å². The van der Waals surface area contributed by atoms with E-state index in [-0.39, 0.29) is 12.3 Å². The second-order valence-corrected chi connectivity index (χ2v) is 6.01. The lowest BCUT2D eigenvalue weighted by Crippen LogP contribution is -2.49. The molecule has 1 unspecified atom stereocenters. The summed E-state index contributed by atoms with van der Waals surface area (Å²) in [5.41, 5.74) is 2.11. The minimum Gasteiger partial charge on any atom is -0.388 e. The first-order valence-electron chi connectivity index (χ1n) is 8.29. The lowest BCUT2D eigenvalue weighted by atomic mass is 10.1. The third kappa shape index (κ3) is 4.14. The molecule has 3 rings (SSSR count). The fourth-order valence-electron chi connectivity index (χ4n) is 2.94. The van der Waals surface area contributed by atoms with Crippen molar-refractivity contribution in [2.75, 3.05) is 31.1 Å². The van der Waals surface area contributed by atoms with Gasteiger partial charge in [-0.15, -0.1) is 0 Å². The van der Waals surface area contributed by atoms with E-state index < -0.39 is 6.10 Å². The van der Waals surface area contributed by atoms with E-state index in [0.29, 0.717) is 31.9 Å². The van der Waals surface area contributed by atoms with Crippen LogP contribution in [0, 0.1) is 11.3 Å². The molecule has 1 aliphatic rings. The van der Waals surface area contributed by atoms with Gasteiger partial charge in [0, 0.05) is 26.2 Å². The number of anilines is 1. The number of piperazine rings is 1. The standard InChI is InChI=1S/C19H20N4O2/c20-13-16-6-7-17(14-21-16)22-8-10-23(11-9-22)19(25)12-18(24)15-4-2-1-3-5-15/h1-7,14,18,24H,8-12H2. The fraction of sp³-hybridized carbons (Fsp3) is 0.316. The molecule has 128 valence electrons. The highest BCUT2D eigenvalue weighted by Crippen LogP contribution is 2.19. The first kappa shape index (κ1) is 16.9. The van der Waals surface area contributed by atoms with Gasteiger partial charge in [0.2, 0.25) is 5.91 Å². The van der Waals surface area contributed by atoms with Crippen molar-refractivity contribution in [3.05, 3.63) is 59.9 Å². The maximum Gasteiger partial charge on any atom is 0.225 e. The van der Waals surface area contributed by atoms with Gasteiger partial charge in [-0.1, -0.05) is 30.3 Å². The van der Waals surface area contributed by atoms with Crippen LogP contribution in [-0.4, -0.2) is 47.1 Å². The predicted octanol–water partition coefficient (Wildman–Crippen LogP) is 1.73. The monoisotopic (exact) mass is 336 g/mol. The van der Waals surface area contributed by atoms with Crippen LogP contribution < -0.4 is 4.90 Å². The van der Waals surface area contributed by atoms with Crippen molar-refractivity contribution in [3.63, 3.8) is 0 Å². The number of pyridine rings is 1. The number of amides is 1. The predicted molar refractivity (Wildman–Crippen MR) is 93.8 cm³/mol. The second-order valence-electron chi connectivity index (χ2n) is 6.01. The van der Waals surface area contributed by atoms with E-state index in [1.807, 2.05) is 42.5 Å². The zero-order valence-electron chi connectivity index (χ0n) is 13.9. The lowest BCUT2D eigenvalue weighted by Gasteiger charge is -2.36. The molecule has 0 spiro atoms. The molecule has 1 aromatic heterocycles. The summed E-state index contributed by atoms with van der Waals surface area (Å²) in [5, 5.41) is 19.0. The van der Waals surface area contributed by atoms with Crippen LogP contribution in [0.1, 0.15) is 23.8 Å². The summed E-state index contributed by atoms with van der Waals surface area (Å²) in [6.45, 7) is 2.64. The molecule has 1 atom stereocenters. The fourth-order valence-corrected chi connectivity index (χ4v) is 2.94. The normalized spacial score (nSPS) is 15.5. The average Bonchev–Trinajstić information content (AvgIpc) is 2.69. The van der Waals surface area contributed by atoms with Gasteiger partial charge in [-0.3, -0.25) is 4.79 Å². The SMILES string of the molecule is N#Cc1ccc(N2CCN(C(=O)CC(O)c3ccccc3)CC2)cn1. The van der Waals surface area contributed by atoms with E-state index in [1.165, 1.54) is 0 Å². The minimum atomic E-state index is -0.769. The zero-order valence-corrected chi connectivity index (χ0v) is 13.9. The van der Waals surface area contributed by atoms with Crippen LogP contribution in [0.5, 0.6) is 0 Å². The molecule has 0 saturated carbocycles. The molecule has 2 aromatic rings. The van der Waals surface area contributed by atoms with Gasteiger partial charge in [0.25, 0.3) is 0 Å². The van der Waals surface area contributed by atoms with Crippen molar-refractivity contribution in [1.29, 1.82) is 5.26 Å². The topological polar surface area (TPSA) is 80.5 Å². The van der Waals surface area contributed by atoms with Crippen molar-refractivity contribution in [3.8, 4) is 6.07 Å². The Labute approximate surface area is 146 Å². The van der Waals surface area contributed by atoms with Gasteiger partial charge >= 0.3 is 0 Å². The maximum atomic E-state index is 12.4. The minimum absolute atomic E-state index is 0.0334. The van der Waals surface area contributed by atoms with Gasteiger partial charge in [0.1, 0.15) is 11.8 Å². The highest BCUT2D eigenvalue weighted by molar-refractivity contribution is 5.77. The number of aliphatic hydroxyl groups excluding tert-OH is 1. The van der Waals surface area contributed by atoms with Crippen LogP contribution in [-0.2, 0) is 4.79 Å². The number of benzene rings is 1. The zero-order chi connectivity index (χ0) is 17.6. The molecule has 1 N–H and O–H groups in total. The molecule has 0 radical (unpaired) electrons. The van der Waals surface area contributed by atoms with Crippen LogP contribution in [0.15, 0.2) is 48.7 Å². The molecule has 1 aliphatic heterocycles. The molecule has 6 nitrogen and oxygen atoms in total. The highest BCUT2D eigenvalue weighted by Gasteiger charge is 2.23. The van der Waals surface area contributed by atoms with Crippen LogP contribution in [0.2, 0.25) is 0 Å². The van der Waals surface area contributed by atoms with Gasteiger partial charge in [-0.05, 0) is 17.7 Å². The summed E-state index contributed by atoms with van der Waals surface area (Å²) < 4.78 is 0. The smallest absolute Gasteiger partial charge is 0.225 e. The summed E-state index contributed by atoms with van der Waals surface area (Å²) in [5.74, 6) is -0.0334. The van der Waals surface area contributed by atoms with Crippen molar-refractivity contribution in [2.45, 2.75) is 12.5 Å². The quantitative estimate of drug-likeness (QED) is 0.919. The first-order valence-corrected chi connectivity index (χ1v) is 8.29. The van der Waals surface area contributed by atoms with Crippen LogP contribution in [0.4, 0.5) is 5.69 Å². The molecule has 1 saturated heterocycles. The van der Waals surface area contributed by atoms with Crippen molar-refractivity contribution < 1.29 is 9.90 Å². The van der Waals surface area contributed by atoms with Crippen molar-refractivity contribution in [1.82, 2.24) is 9.88 Å². The van der Waals surface area contributed by atoms with E-state index in [0.717, 1.165) is 11.3 Å². The van der Waals surface area contributed by atoms with E-state index in [2.05, 4.69) is 9.88 Å². The molecular weight excluding hydrogens is 316 g/mol.